The molecule has 0 spiro atoms. The molecule has 1 fully saturated rings. The van der Waals surface area contributed by atoms with E-state index in [-0.39, 0.29) is 12.6 Å². The van der Waals surface area contributed by atoms with Crippen LogP contribution in [0.4, 0.5) is 0 Å². The van der Waals surface area contributed by atoms with Gasteiger partial charge in [-0.25, -0.2) is 0 Å². The van der Waals surface area contributed by atoms with Gasteiger partial charge in [-0.15, -0.1) is 0 Å². The molecule has 1 unspecified atom stereocenters. The minimum Gasteiger partial charge on any atom is -0.480 e. The topological polar surface area (TPSA) is 58.6 Å². The Bertz CT molecular complexity index is 190. The van der Waals surface area contributed by atoms with Crippen LogP contribution in [0.5, 0.6) is 0 Å². The van der Waals surface area contributed by atoms with Gasteiger partial charge < -0.3 is 15.2 Å². The van der Waals surface area contributed by atoms with E-state index in [1.165, 1.54) is 12.8 Å². The highest BCUT2D eigenvalue weighted by Gasteiger charge is 2.23. The number of carbonyl (C=O) groups is 1. The van der Waals surface area contributed by atoms with Crippen molar-refractivity contribution in [3.63, 3.8) is 0 Å². The molecule has 0 aromatic carbocycles. The van der Waals surface area contributed by atoms with E-state index < -0.39 is 12.0 Å². The van der Waals surface area contributed by atoms with Gasteiger partial charge in [-0.2, -0.15) is 0 Å². The summed E-state index contributed by atoms with van der Waals surface area (Å²) in [5, 5.41) is 11.8. The highest BCUT2D eigenvalue weighted by Crippen LogP contribution is 2.28. The molecule has 4 nitrogen and oxygen atoms in total. The second-order valence-corrected chi connectivity index (χ2v) is 4.19. The van der Waals surface area contributed by atoms with Crippen LogP contribution in [0.1, 0.15) is 26.7 Å². The normalized spacial score (nSPS) is 18.5. The Hall–Kier alpha value is -0.610. The van der Waals surface area contributed by atoms with Crippen molar-refractivity contribution in [2.45, 2.75) is 38.8 Å². The van der Waals surface area contributed by atoms with Crippen LogP contribution < -0.4 is 5.32 Å². The van der Waals surface area contributed by atoms with Gasteiger partial charge in [-0.05, 0) is 18.8 Å². The van der Waals surface area contributed by atoms with E-state index >= 15 is 0 Å². The standard InChI is InChI=1S/C10H19NO3/c1-7(2)11-9(10(12)13)6-14-5-8-3-4-8/h7-9,11H,3-6H2,1-2H3,(H,12,13). The van der Waals surface area contributed by atoms with Gasteiger partial charge in [0.1, 0.15) is 6.04 Å². The Morgan fingerprint density at radius 2 is 2.21 bits per heavy atom. The minimum absolute atomic E-state index is 0.167. The average Bonchev–Trinajstić information content (AvgIpc) is 2.85. The van der Waals surface area contributed by atoms with Gasteiger partial charge in [-0.1, -0.05) is 13.8 Å². The van der Waals surface area contributed by atoms with E-state index in [4.69, 9.17) is 9.84 Å². The molecule has 1 saturated carbocycles. The van der Waals surface area contributed by atoms with Gasteiger partial charge in [0.2, 0.25) is 0 Å². The number of ether oxygens (including phenoxy) is 1. The third-order valence-corrected chi connectivity index (χ3v) is 2.17. The lowest BCUT2D eigenvalue weighted by atomic mass is 10.2. The predicted octanol–water partition coefficient (Wildman–Crippen LogP) is 0.864. The van der Waals surface area contributed by atoms with E-state index in [1.807, 2.05) is 13.8 Å². The van der Waals surface area contributed by atoms with Crippen molar-refractivity contribution in [2.75, 3.05) is 13.2 Å². The highest BCUT2D eigenvalue weighted by atomic mass is 16.5. The van der Waals surface area contributed by atoms with Crippen molar-refractivity contribution in [1.82, 2.24) is 5.32 Å². The summed E-state index contributed by atoms with van der Waals surface area (Å²) in [7, 11) is 0. The molecule has 14 heavy (non-hydrogen) atoms. The molecule has 0 aliphatic heterocycles. The number of rotatable bonds is 7. The molecule has 0 heterocycles. The largest absolute Gasteiger partial charge is 0.480 e. The first-order chi connectivity index (χ1) is 6.59. The van der Waals surface area contributed by atoms with Crippen LogP contribution in [-0.2, 0) is 9.53 Å². The molecule has 0 bridgehead atoms. The zero-order chi connectivity index (χ0) is 10.6. The second-order valence-electron chi connectivity index (χ2n) is 4.19. The Morgan fingerprint density at radius 1 is 1.57 bits per heavy atom. The number of hydrogen-bond donors (Lipinski definition) is 2. The number of hydrogen-bond acceptors (Lipinski definition) is 3. The fourth-order valence-electron chi connectivity index (χ4n) is 1.23. The first kappa shape index (κ1) is 11.5. The minimum atomic E-state index is -0.838. The smallest absolute Gasteiger partial charge is 0.323 e. The van der Waals surface area contributed by atoms with Crippen LogP contribution in [0.2, 0.25) is 0 Å². The lowest BCUT2D eigenvalue weighted by Gasteiger charge is -2.17. The lowest BCUT2D eigenvalue weighted by Crippen LogP contribution is -2.44. The van der Waals surface area contributed by atoms with E-state index in [0.29, 0.717) is 12.5 Å². The van der Waals surface area contributed by atoms with Crippen LogP contribution in [0.25, 0.3) is 0 Å². The molecule has 0 aromatic heterocycles. The number of carboxylic acid groups (broad SMARTS) is 1. The van der Waals surface area contributed by atoms with E-state index in [0.717, 1.165) is 0 Å². The fraction of sp³-hybridized carbons (Fsp3) is 0.900. The third-order valence-electron chi connectivity index (χ3n) is 2.17. The Morgan fingerprint density at radius 3 is 2.64 bits per heavy atom. The van der Waals surface area contributed by atoms with Gasteiger partial charge in [0, 0.05) is 12.6 Å². The monoisotopic (exact) mass is 201 g/mol. The molecule has 82 valence electrons. The zero-order valence-corrected chi connectivity index (χ0v) is 8.82. The summed E-state index contributed by atoms with van der Waals surface area (Å²) in [6.45, 7) is 4.83. The summed E-state index contributed by atoms with van der Waals surface area (Å²) >= 11 is 0. The molecular formula is C10H19NO3. The molecule has 4 heteroatoms. The zero-order valence-electron chi connectivity index (χ0n) is 8.82. The molecule has 2 N–H and O–H groups in total. The van der Waals surface area contributed by atoms with Crippen LogP contribution >= 0.6 is 0 Å². The maximum absolute atomic E-state index is 10.8. The van der Waals surface area contributed by atoms with Gasteiger partial charge in [0.15, 0.2) is 0 Å². The van der Waals surface area contributed by atoms with Crippen LogP contribution in [0.15, 0.2) is 0 Å². The summed E-state index contributed by atoms with van der Waals surface area (Å²) < 4.78 is 5.34. The summed E-state index contributed by atoms with van der Waals surface area (Å²) in [5.41, 5.74) is 0. The number of nitrogens with one attached hydrogen (secondary N) is 1. The van der Waals surface area contributed by atoms with E-state index in [2.05, 4.69) is 5.32 Å². The Kier molecular flexibility index (Phi) is 4.35. The summed E-state index contributed by atoms with van der Waals surface area (Å²) in [6.07, 6.45) is 2.46. The van der Waals surface area contributed by atoms with Gasteiger partial charge in [0.25, 0.3) is 0 Å². The molecular weight excluding hydrogens is 182 g/mol. The fourth-order valence-corrected chi connectivity index (χ4v) is 1.23. The maximum Gasteiger partial charge on any atom is 0.323 e. The molecule has 0 radical (unpaired) electrons. The van der Waals surface area contributed by atoms with E-state index in [1.54, 1.807) is 0 Å². The van der Waals surface area contributed by atoms with Crippen molar-refractivity contribution in [2.24, 2.45) is 5.92 Å². The first-order valence-corrected chi connectivity index (χ1v) is 5.16. The molecule has 0 saturated heterocycles. The Balaban J connectivity index is 2.16. The quantitative estimate of drug-likeness (QED) is 0.641. The molecule has 1 aliphatic rings. The molecule has 1 rings (SSSR count). The summed E-state index contributed by atoms with van der Waals surface area (Å²) in [5.74, 6) is -0.155. The SMILES string of the molecule is CC(C)NC(COCC1CC1)C(=O)O. The predicted molar refractivity (Wildman–Crippen MR) is 53.2 cm³/mol. The lowest BCUT2D eigenvalue weighted by molar-refractivity contribution is -0.141. The summed E-state index contributed by atoms with van der Waals surface area (Å²) in [6, 6.07) is -0.408. The highest BCUT2D eigenvalue weighted by molar-refractivity contribution is 5.73. The van der Waals surface area contributed by atoms with Crippen molar-refractivity contribution in [3.8, 4) is 0 Å². The number of aliphatic carboxylic acids is 1. The first-order valence-electron chi connectivity index (χ1n) is 5.16. The van der Waals surface area contributed by atoms with Crippen molar-refractivity contribution >= 4 is 5.97 Å². The van der Waals surface area contributed by atoms with Crippen LogP contribution in [0, 0.1) is 5.92 Å². The van der Waals surface area contributed by atoms with Crippen molar-refractivity contribution in [1.29, 1.82) is 0 Å². The molecule has 0 amide bonds. The molecule has 1 atom stereocenters. The van der Waals surface area contributed by atoms with Gasteiger partial charge in [0.05, 0.1) is 6.61 Å². The van der Waals surface area contributed by atoms with Crippen molar-refractivity contribution < 1.29 is 14.6 Å². The average molecular weight is 201 g/mol. The maximum atomic E-state index is 10.8. The summed E-state index contributed by atoms with van der Waals surface area (Å²) in [4.78, 5) is 10.8. The third kappa shape index (κ3) is 4.58. The van der Waals surface area contributed by atoms with Crippen LogP contribution in [0.3, 0.4) is 0 Å². The molecule has 0 aromatic rings. The Labute approximate surface area is 84.6 Å². The van der Waals surface area contributed by atoms with Gasteiger partial charge in [-0.3, -0.25) is 4.79 Å². The van der Waals surface area contributed by atoms with Crippen molar-refractivity contribution in [3.05, 3.63) is 0 Å². The number of carboxylic acids is 1. The van der Waals surface area contributed by atoms with Crippen LogP contribution in [-0.4, -0.2) is 36.4 Å². The van der Waals surface area contributed by atoms with E-state index in [9.17, 15) is 4.79 Å². The van der Waals surface area contributed by atoms with Gasteiger partial charge >= 0.3 is 5.97 Å². The second kappa shape index (κ2) is 5.32. The molecule has 1 aliphatic carbocycles.